The maximum Gasteiger partial charge on any atom is 0.317 e. The molecule has 0 amide bonds. The number of carboxylic acids is 5. The number of nitrogens with zero attached hydrogens (tertiary/aromatic N) is 3. The first-order valence-corrected chi connectivity index (χ1v) is 7.69. The highest BCUT2D eigenvalue weighted by Gasteiger charge is 2.15. The molecule has 0 aromatic carbocycles. The first-order valence-electron chi connectivity index (χ1n) is 7.69. The van der Waals surface area contributed by atoms with E-state index in [9.17, 15) is 39.3 Å². The van der Waals surface area contributed by atoms with E-state index in [2.05, 4.69) is 0 Å². The lowest BCUT2D eigenvalue weighted by atomic mass is 10.3. The van der Waals surface area contributed by atoms with Gasteiger partial charge in [-0.1, -0.05) is 0 Å². The van der Waals surface area contributed by atoms with Crippen LogP contribution in [-0.2, 0) is 24.0 Å². The number of rotatable bonds is 16. The molecule has 0 fully saturated rings. The molecule has 0 saturated heterocycles. The van der Waals surface area contributed by atoms with Gasteiger partial charge in [0.05, 0.1) is 31.0 Å². The third-order valence-corrected chi connectivity index (χ3v) is 3.24. The van der Waals surface area contributed by atoms with Crippen molar-refractivity contribution in [3.63, 3.8) is 0 Å². The predicted molar refractivity (Wildman–Crippen MR) is 79.6 cm³/mol. The van der Waals surface area contributed by atoms with Crippen molar-refractivity contribution in [1.82, 2.24) is 14.7 Å². The van der Waals surface area contributed by atoms with Gasteiger partial charge < -0.3 is 39.9 Å². The SMILES string of the molecule is O=C([O-])CN(CCN(CC(=O)[O-])CC(=O)O)CCN(CC(=O)[O-])CC(=O)O. The van der Waals surface area contributed by atoms with E-state index in [1.807, 2.05) is 0 Å². The minimum absolute atomic E-state index is 0.0826. The molecule has 0 aromatic heterocycles. The van der Waals surface area contributed by atoms with Crippen LogP contribution in [0.2, 0.25) is 0 Å². The molecule has 13 nitrogen and oxygen atoms in total. The third-order valence-electron chi connectivity index (χ3n) is 3.24. The van der Waals surface area contributed by atoms with Crippen molar-refractivity contribution in [2.24, 2.45) is 0 Å². The molecule has 0 rings (SSSR count). The van der Waals surface area contributed by atoms with Crippen LogP contribution in [0.3, 0.4) is 0 Å². The number of hydrogen-bond donors (Lipinski definition) is 2. The Kier molecular flexibility index (Phi) is 11.3. The summed E-state index contributed by atoms with van der Waals surface area (Å²) in [5.41, 5.74) is 0. The molecule has 0 bridgehead atoms. The molecule has 2 N–H and O–H groups in total. The van der Waals surface area contributed by atoms with E-state index < -0.39 is 62.6 Å². The zero-order valence-electron chi connectivity index (χ0n) is 14.4. The first kappa shape index (κ1) is 24.2. The Morgan fingerprint density at radius 1 is 0.519 bits per heavy atom. The Hall–Kier alpha value is -2.77. The lowest BCUT2D eigenvalue weighted by molar-refractivity contribution is -0.308. The number of aliphatic carboxylic acids is 5. The number of carboxylic acid groups (broad SMARTS) is 5. The van der Waals surface area contributed by atoms with Crippen molar-refractivity contribution in [3.05, 3.63) is 0 Å². The fourth-order valence-electron chi connectivity index (χ4n) is 2.19. The second-order valence-electron chi connectivity index (χ2n) is 5.60. The van der Waals surface area contributed by atoms with Crippen LogP contribution >= 0.6 is 0 Å². The van der Waals surface area contributed by atoms with Crippen molar-refractivity contribution in [2.45, 2.75) is 0 Å². The van der Waals surface area contributed by atoms with Crippen LogP contribution in [0.5, 0.6) is 0 Å². The van der Waals surface area contributed by atoms with Crippen LogP contribution in [0.1, 0.15) is 0 Å². The van der Waals surface area contributed by atoms with Gasteiger partial charge in [-0.15, -0.1) is 0 Å². The van der Waals surface area contributed by atoms with Gasteiger partial charge in [-0.05, 0) is 0 Å². The summed E-state index contributed by atoms with van der Waals surface area (Å²) in [7, 11) is 0. The highest BCUT2D eigenvalue weighted by atomic mass is 16.4. The van der Waals surface area contributed by atoms with E-state index in [0.29, 0.717) is 0 Å². The molecule has 13 heteroatoms. The summed E-state index contributed by atoms with van der Waals surface area (Å²) in [6.45, 7) is -3.60. The van der Waals surface area contributed by atoms with Crippen molar-refractivity contribution in [2.75, 3.05) is 58.9 Å². The van der Waals surface area contributed by atoms with Crippen molar-refractivity contribution >= 4 is 29.8 Å². The van der Waals surface area contributed by atoms with Gasteiger partial charge in [-0.3, -0.25) is 24.3 Å². The minimum Gasteiger partial charge on any atom is -0.549 e. The Morgan fingerprint density at radius 2 is 0.778 bits per heavy atom. The molecule has 0 atom stereocenters. The average Bonchev–Trinajstić information content (AvgIpc) is 2.46. The van der Waals surface area contributed by atoms with Gasteiger partial charge >= 0.3 is 11.9 Å². The zero-order valence-corrected chi connectivity index (χ0v) is 14.4. The maximum atomic E-state index is 10.8. The predicted octanol–water partition coefficient (Wildman–Crippen LogP) is -6.69. The molecule has 0 aliphatic heterocycles. The van der Waals surface area contributed by atoms with E-state index in [4.69, 9.17) is 10.2 Å². The van der Waals surface area contributed by atoms with E-state index in [1.165, 1.54) is 4.90 Å². The fraction of sp³-hybridized carbons (Fsp3) is 0.643. The van der Waals surface area contributed by atoms with Gasteiger partial charge in [0.25, 0.3) is 0 Å². The smallest absolute Gasteiger partial charge is 0.317 e. The molecule has 0 radical (unpaired) electrons. The Labute approximate surface area is 154 Å². The molecule has 27 heavy (non-hydrogen) atoms. The van der Waals surface area contributed by atoms with Gasteiger partial charge in [-0.25, -0.2) is 0 Å². The van der Waals surface area contributed by atoms with Gasteiger partial charge in [0, 0.05) is 45.8 Å². The number of carbonyl (C=O) groups is 5. The molecule has 0 unspecified atom stereocenters. The Bertz CT molecular complexity index is 481. The molecular formula is C14H20N3O10-3. The summed E-state index contributed by atoms with van der Waals surface area (Å²) in [5, 5.41) is 49.6. The van der Waals surface area contributed by atoms with Crippen LogP contribution in [0.4, 0.5) is 0 Å². The number of hydrogen-bond acceptors (Lipinski definition) is 11. The van der Waals surface area contributed by atoms with Crippen LogP contribution < -0.4 is 15.3 Å². The Morgan fingerprint density at radius 3 is 1.04 bits per heavy atom. The summed E-state index contributed by atoms with van der Waals surface area (Å²) in [6.07, 6.45) is 0. The second kappa shape index (κ2) is 12.6. The lowest BCUT2D eigenvalue weighted by Crippen LogP contribution is -2.49. The van der Waals surface area contributed by atoms with Gasteiger partial charge in [0.2, 0.25) is 0 Å². The quantitative estimate of drug-likeness (QED) is 0.252. The summed E-state index contributed by atoms with van der Waals surface area (Å²) in [6, 6.07) is 0. The van der Waals surface area contributed by atoms with Gasteiger partial charge in [-0.2, -0.15) is 0 Å². The highest BCUT2D eigenvalue weighted by molar-refractivity contribution is 5.72. The van der Waals surface area contributed by atoms with Gasteiger partial charge in [0.15, 0.2) is 0 Å². The van der Waals surface area contributed by atoms with E-state index in [0.717, 1.165) is 9.80 Å². The summed E-state index contributed by atoms with van der Waals surface area (Å²) < 4.78 is 0. The van der Waals surface area contributed by atoms with Crippen molar-refractivity contribution < 1.29 is 49.5 Å². The highest BCUT2D eigenvalue weighted by Crippen LogP contribution is 1.96. The fourth-order valence-corrected chi connectivity index (χ4v) is 2.19. The van der Waals surface area contributed by atoms with E-state index in [-0.39, 0.29) is 26.2 Å². The van der Waals surface area contributed by atoms with Crippen LogP contribution in [0.15, 0.2) is 0 Å². The monoisotopic (exact) mass is 390 g/mol. The van der Waals surface area contributed by atoms with Gasteiger partial charge in [0.1, 0.15) is 0 Å². The maximum absolute atomic E-state index is 10.8. The molecule has 0 heterocycles. The molecule has 0 aliphatic rings. The Balaban J connectivity index is 4.85. The molecule has 0 spiro atoms. The standard InChI is InChI=1S/C14H23N3O10/c18-10(19)5-15(1-3-16(6-11(20)21)7-12(22)23)2-4-17(8-13(24)25)9-14(26)27/h1-9H2,(H,18,19)(H,20,21)(H,22,23)(H,24,25)(H,26,27)/p-3. The van der Waals surface area contributed by atoms with Crippen molar-refractivity contribution in [3.8, 4) is 0 Å². The molecular weight excluding hydrogens is 370 g/mol. The average molecular weight is 390 g/mol. The van der Waals surface area contributed by atoms with Crippen LogP contribution in [0, 0.1) is 0 Å². The molecule has 154 valence electrons. The zero-order chi connectivity index (χ0) is 21.0. The van der Waals surface area contributed by atoms with Crippen molar-refractivity contribution in [1.29, 1.82) is 0 Å². The van der Waals surface area contributed by atoms with E-state index in [1.54, 1.807) is 0 Å². The third kappa shape index (κ3) is 14.1. The number of carbonyl (C=O) groups excluding carboxylic acids is 3. The summed E-state index contributed by atoms with van der Waals surface area (Å²) in [4.78, 5) is 56.9. The molecule has 0 saturated carbocycles. The van der Waals surface area contributed by atoms with Crippen LogP contribution in [-0.4, -0.2) is 114 Å². The topological polar surface area (TPSA) is 205 Å². The first-order chi connectivity index (χ1) is 12.5. The largest absolute Gasteiger partial charge is 0.549 e. The minimum atomic E-state index is -1.51. The summed E-state index contributed by atoms with van der Waals surface area (Å²) in [5.74, 6) is -7.06. The lowest BCUT2D eigenvalue weighted by Gasteiger charge is -2.29. The van der Waals surface area contributed by atoms with Crippen LogP contribution in [0.25, 0.3) is 0 Å². The second-order valence-corrected chi connectivity index (χ2v) is 5.60. The normalized spacial score (nSPS) is 11.1. The summed E-state index contributed by atoms with van der Waals surface area (Å²) >= 11 is 0. The van der Waals surface area contributed by atoms with E-state index >= 15 is 0 Å². The molecule has 0 aliphatic carbocycles. The molecule has 0 aromatic rings.